The van der Waals surface area contributed by atoms with Crippen molar-refractivity contribution in [3.63, 3.8) is 0 Å². The Bertz CT molecular complexity index is 568. The molecule has 0 radical (unpaired) electrons. The topological polar surface area (TPSA) is 41.6 Å². The molecule has 0 bridgehead atoms. The summed E-state index contributed by atoms with van der Waals surface area (Å²) in [7, 11) is 0. The highest BCUT2D eigenvalue weighted by Gasteiger charge is 2.39. The first-order chi connectivity index (χ1) is 11.3. The van der Waals surface area contributed by atoms with Crippen molar-refractivity contribution in [2.24, 2.45) is 5.92 Å². The van der Waals surface area contributed by atoms with Crippen LogP contribution in [0.1, 0.15) is 37.7 Å². The minimum absolute atomic E-state index is 0.0756. The van der Waals surface area contributed by atoms with E-state index in [4.69, 9.17) is 4.74 Å². The number of ether oxygens (including phenoxy) is 1. The second-order valence-electron chi connectivity index (χ2n) is 7.08. The fraction of sp³-hybridized carbons (Fsp3) is 0.632. The molecule has 0 aromatic heterocycles. The van der Waals surface area contributed by atoms with Crippen LogP contribution in [-0.4, -0.2) is 37.7 Å². The van der Waals surface area contributed by atoms with Gasteiger partial charge in [-0.1, -0.05) is 18.2 Å². The first kappa shape index (κ1) is 15.0. The van der Waals surface area contributed by atoms with Crippen molar-refractivity contribution >= 4 is 11.6 Å². The minimum Gasteiger partial charge on any atom is -0.376 e. The number of carbonyl (C=O) groups excluding carboxylic acids is 1. The Kier molecular flexibility index (Phi) is 4.25. The molecule has 1 aromatic carbocycles. The van der Waals surface area contributed by atoms with Gasteiger partial charge in [0, 0.05) is 31.4 Å². The predicted molar refractivity (Wildman–Crippen MR) is 90.6 cm³/mol. The van der Waals surface area contributed by atoms with Crippen LogP contribution in [0.25, 0.3) is 0 Å². The van der Waals surface area contributed by atoms with Gasteiger partial charge in [0.1, 0.15) is 0 Å². The van der Waals surface area contributed by atoms with Gasteiger partial charge < -0.3 is 15.0 Å². The number of benzene rings is 1. The highest BCUT2D eigenvalue weighted by molar-refractivity contribution is 5.82. The molecule has 2 fully saturated rings. The van der Waals surface area contributed by atoms with Gasteiger partial charge >= 0.3 is 0 Å². The molecule has 1 N–H and O–H groups in total. The van der Waals surface area contributed by atoms with E-state index < -0.39 is 0 Å². The Morgan fingerprint density at radius 1 is 1.22 bits per heavy atom. The molecule has 0 spiro atoms. The van der Waals surface area contributed by atoms with E-state index in [0.29, 0.717) is 12.6 Å². The van der Waals surface area contributed by atoms with E-state index in [1.165, 1.54) is 24.1 Å². The van der Waals surface area contributed by atoms with Crippen LogP contribution < -0.4 is 10.2 Å². The van der Waals surface area contributed by atoms with Gasteiger partial charge in [-0.2, -0.15) is 0 Å². The molecular weight excluding hydrogens is 288 g/mol. The van der Waals surface area contributed by atoms with Crippen LogP contribution in [0, 0.1) is 5.92 Å². The van der Waals surface area contributed by atoms with Crippen molar-refractivity contribution in [2.45, 2.75) is 50.7 Å². The lowest BCUT2D eigenvalue weighted by Gasteiger charge is -2.46. The maximum atomic E-state index is 12.8. The van der Waals surface area contributed by atoms with Crippen LogP contribution in [0.15, 0.2) is 24.3 Å². The fourth-order valence-electron chi connectivity index (χ4n) is 4.43. The van der Waals surface area contributed by atoms with Gasteiger partial charge in [0.25, 0.3) is 0 Å². The zero-order valence-corrected chi connectivity index (χ0v) is 13.7. The maximum absolute atomic E-state index is 12.8. The van der Waals surface area contributed by atoms with E-state index >= 15 is 0 Å². The number of piperidine rings is 1. The molecule has 3 atom stereocenters. The average Bonchev–Trinajstić information content (AvgIpc) is 3.12. The van der Waals surface area contributed by atoms with Gasteiger partial charge in [-0.25, -0.2) is 0 Å². The Hall–Kier alpha value is -1.55. The average molecular weight is 314 g/mol. The van der Waals surface area contributed by atoms with Crippen molar-refractivity contribution in [1.29, 1.82) is 0 Å². The number of hydrogen-bond donors (Lipinski definition) is 1. The number of fused-ring (bicyclic) bond motifs is 3. The van der Waals surface area contributed by atoms with E-state index in [-0.39, 0.29) is 17.9 Å². The number of amides is 1. The largest absolute Gasteiger partial charge is 0.376 e. The molecule has 3 aliphatic heterocycles. The Balaban J connectivity index is 1.49. The first-order valence-electron chi connectivity index (χ1n) is 9.07. The third-order valence-corrected chi connectivity index (χ3v) is 5.62. The third-order valence-electron chi connectivity index (χ3n) is 5.62. The molecule has 1 amide bonds. The summed E-state index contributed by atoms with van der Waals surface area (Å²) in [6, 6.07) is 8.96. The lowest BCUT2D eigenvalue weighted by atomic mass is 9.80. The molecule has 0 aliphatic carbocycles. The minimum atomic E-state index is 0.0756. The summed E-state index contributed by atoms with van der Waals surface area (Å²) in [6.45, 7) is 2.59. The van der Waals surface area contributed by atoms with E-state index in [1.54, 1.807) is 0 Å². The van der Waals surface area contributed by atoms with Crippen LogP contribution in [0.3, 0.4) is 0 Å². The monoisotopic (exact) mass is 314 g/mol. The summed E-state index contributed by atoms with van der Waals surface area (Å²) < 4.78 is 5.63. The van der Waals surface area contributed by atoms with Crippen molar-refractivity contribution < 1.29 is 9.53 Å². The standard InChI is InChI=1S/C19H26N2O2/c22-19(20-13-15-7-5-11-23-15)16-12-14-6-1-2-8-17(14)21-10-4-3-9-18(16)21/h1-2,6,8,15-16,18H,3-5,7,9-13H2,(H,20,22). The van der Waals surface area contributed by atoms with Crippen LogP contribution in [0.5, 0.6) is 0 Å². The van der Waals surface area contributed by atoms with Crippen LogP contribution in [-0.2, 0) is 16.0 Å². The van der Waals surface area contributed by atoms with Crippen molar-refractivity contribution in [3.8, 4) is 0 Å². The first-order valence-corrected chi connectivity index (χ1v) is 9.07. The van der Waals surface area contributed by atoms with Crippen LogP contribution in [0.4, 0.5) is 5.69 Å². The summed E-state index contributed by atoms with van der Waals surface area (Å²) in [4.78, 5) is 15.3. The van der Waals surface area contributed by atoms with E-state index in [1.807, 2.05) is 0 Å². The van der Waals surface area contributed by atoms with Crippen molar-refractivity contribution in [2.75, 3.05) is 24.6 Å². The normalized spacial score (nSPS) is 29.7. The van der Waals surface area contributed by atoms with Gasteiger partial charge in [0.05, 0.1) is 12.0 Å². The van der Waals surface area contributed by atoms with Gasteiger partial charge in [-0.3, -0.25) is 4.79 Å². The van der Waals surface area contributed by atoms with Crippen LogP contribution in [0.2, 0.25) is 0 Å². The lowest BCUT2D eigenvalue weighted by molar-refractivity contribution is -0.126. The molecule has 4 rings (SSSR count). The highest BCUT2D eigenvalue weighted by Crippen LogP contribution is 2.38. The third kappa shape index (κ3) is 2.97. The highest BCUT2D eigenvalue weighted by atomic mass is 16.5. The summed E-state index contributed by atoms with van der Waals surface area (Å²) in [6.07, 6.45) is 6.88. The molecule has 4 nitrogen and oxygen atoms in total. The summed E-state index contributed by atoms with van der Waals surface area (Å²) >= 11 is 0. The number of hydrogen-bond acceptors (Lipinski definition) is 3. The molecule has 3 unspecified atom stereocenters. The van der Waals surface area contributed by atoms with E-state index in [0.717, 1.165) is 38.8 Å². The van der Waals surface area contributed by atoms with E-state index in [2.05, 4.69) is 34.5 Å². The lowest BCUT2D eigenvalue weighted by Crippen LogP contribution is -2.53. The van der Waals surface area contributed by atoms with Gasteiger partial charge in [-0.05, 0) is 50.2 Å². The zero-order valence-electron chi connectivity index (χ0n) is 13.7. The molecule has 124 valence electrons. The summed E-state index contributed by atoms with van der Waals surface area (Å²) in [5, 5.41) is 3.17. The molecule has 23 heavy (non-hydrogen) atoms. The van der Waals surface area contributed by atoms with Gasteiger partial charge in [0.15, 0.2) is 0 Å². The Morgan fingerprint density at radius 3 is 3.00 bits per heavy atom. The second-order valence-corrected chi connectivity index (χ2v) is 7.08. The molecule has 2 saturated heterocycles. The van der Waals surface area contributed by atoms with Gasteiger partial charge in [-0.15, -0.1) is 0 Å². The predicted octanol–water partition coefficient (Wildman–Crippen LogP) is 2.51. The number of rotatable bonds is 3. The van der Waals surface area contributed by atoms with Crippen LogP contribution >= 0.6 is 0 Å². The van der Waals surface area contributed by atoms with E-state index in [9.17, 15) is 4.79 Å². The molecule has 3 aliphatic rings. The summed E-state index contributed by atoms with van der Waals surface area (Å²) in [5.41, 5.74) is 2.67. The smallest absolute Gasteiger partial charge is 0.225 e. The zero-order chi connectivity index (χ0) is 15.6. The van der Waals surface area contributed by atoms with Gasteiger partial charge in [0.2, 0.25) is 5.91 Å². The quantitative estimate of drug-likeness (QED) is 0.932. The Labute approximate surface area is 138 Å². The Morgan fingerprint density at radius 2 is 2.13 bits per heavy atom. The number of anilines is 1. The fourth-order valence-corrected chi connectivity index (χ4v) is 4.43. The SMILES string of the molecule is O=C(NCC1CCCO1)C1Cc2ccccc2N2CCCCC12. The molecular formula is C19H26N2O2. The number of carbonyl (C=O) groups is 1. The molecule has 0 saturated carbocycles. The number of nitrogens with zero attached hydrogens (tertiary/aromatic N) is 1. The second kappa shape index (κ2) is 6.52. The summed E-state index contributed by atoms with van der Waals surface area (Å²) in [5.74, 6) is 0.290. The number of nitrogens with one attached hydrogen (secondary N) is 1. The van der Waals surface area contributed by atoms with Crippen molar-refractivity contribution in [1.82, 2.24) is 5.32 Å². The molecule has 1 aromatic rings. The molecule has 3 heterocycles. The maximum Gasteiger partial charge on any atom is 0.225 e. The molecule has 4 heteroatoms. The number of para-hydroxylation sites is 1. The van der Waals surface area contributed by atoms with Crippen molar-refractivity contribution in [3.05, 3.63) is 29.8 Å².